The van der Waals surface area contributed by atoms with Gasteiger partial charge in [-0.1, -0.05) is 99.8 Å². The summed E-state index contributed by atoms with van der Waals surface area (Å²) in [5.74, 6) is -6.74. The Morgan fingerprint density at radius 2 is 1.25 bits per heavy atom. The van der Waals surface area contributed by atoms with Crippen LogP contribution in [0.1, 0.15) is 119 Å². The number of aliphatic hydroxyl groups is 4. The van der Waals surface area contributed by atoms with Crippen molar-refractivity contribution in [3.05, 3.63) is 0 Å². The Morgan fingerprint density at radius 3 is 1.79 bits per heavy atom. The summed E-state index contributed by atoms with van der Waals surface area (Å²) < 4.78 is 40.7. The van der Waals surface area contributed by atoms with E-state index in [0.717, 1.165) is 25.7 Å². The summed E-state index contributed by atoms with van der Waals surface area (Å²) in [5, 5.41) is 42.7. The van der Waals surface area contributed by atoms with Gasteiger partial charge in [-0.25, -0.2) is 0 Å². The Kier molecular flexibility index (Phi) is 20.0. The minimum Gasteiger partial charge on any atom is -0.460 e. The lowest BCUT2D eigenvalue weighted by Crippen LogP contribution is -2.65. The highest BCUT2D eigenvalue weighted by Crippen LogP contribution is 2.40. The lowest BCUT2D eigenvalue weighted by atomic mass is 9.97. The van der Waals surface area contributed by atoms with Gasteiger partial charge in [0.15, 0.2) is 18.3 Å². The quantitative estimate of drug-likeness (QED) is 0.0672. The van der Waals surface area contributed by atoms with Gasteiger partial charge in [-0.2, -0.15) is 0 Å². The Labute approximate surface area is 307 Å². The highest BCUT2D eigenvalue weighted by molar-refractivity contribution is 5.72. The van der Waals surface area contributed by atoms with E-state index in [-0.39, 0.29) is 18.8 Å². The van der Waals surface area contributed by atoms with Crippen molar-refractivity contribution in [3.8, 4) is 0 Å². The second-order valence-electron chi connectivity index (χ2n) is 14.8. The maximum atomic E-state index is 13.3. The van der Waals surface area contributed by atoms with Crippen LogP contribution in [0.15, 0.2) is 0 Å². The van der Waals surface area contributed by atoms with Gasteiger partial charge >= 0.3 is 23.9 Å². The molecule has 2 rings (SSSR count). The van der Waals surface area contributed by atoms with Crippen molar-refractivity contribution in [1.82, 2.24) is 0 Å². The first-order chi connectivity index (χ1) is 24.6. The SMILES string of the molecule is CCCCCCCCCCCC(=O)O[C@@H]1[C@@H](O[C@]2(COC(=O)C(C)C)O[C@H](CO)[C@@H](O)[C@@H]2OC(=O)C(C)C)O[C@H](CO)[C@@H](O)[C@@H]1OC(=O)CC(C)C. The number of carbonyl (C=O) groups is 4. The number of aliphatic hydroxyl groups excluding tert-OH is 4. The normalized spacial score (nSPS) is 29.0. The van der Waals surface area contributed by atoms with Gasteiger partial charge in [-0.05, 0) is 12.3 Å². The number of ether oxygens (including phenoxy) is 7. The predicted molar refractivity (Wildman–Crippen MR) is 185 cm³/mol. The predicted octanol–water partition coefficient (Wildman–Crippen LogP) is 3.09. The van der Waals surface area contributed by atoms with Gasteiger partial charge in [0.05, 0.1) is 25.0 Å². The summed E-state index contributed by atoms with van der Waals surface area (Å²) >= 11 is 0. The van der Waals surface area contributed by atoms with E-state index in [1.807, 2.05) is 0 Å². The number of rotatable bonds is 23. The van der Waals surface area contributed by atoms with Crippen molar-refractivity contribution in [2.24, 2.45) is 17.8 Å². The van der Waals surface area contributed by atoms with Crippen LogP contribution in [0, 0.1) is 17.8 Å². The van der Waals surface area contributed by atoms with Gasteiger partial charge in [-0.3, -0.25) is 19.2 Å². The Balaban J connectivity index is 2.47. The maximum absolute atomic E-state index is 13.3. The van der Waals surface area contributed by atoms with Crippen LogP contribution in [0.5, 0.6) is 0 Å². The minimum atomic E-state index is -2.37. The van der Waals surface area contributed by atoms with E-state index in [0.29, 0.717) is 6.42 Å². The third-order valence-electron chi connectivity index (χ3n) is 8.97. The molecule has 0 aromatic rings. The molecule has 0 aliphatic carbocycles. The van der Waals surface area contributed by atoms with Crippen LogP contribution >= 0.6 is 0 Å². The molecule has 2 aliphatic rings. The maximum Gasteiger partial charge on any atom is 0.308 e. The third-order valence-corrected chi connectivity index (χ3v) is 8.97. The Morgan fingerprint density at radius 1 is 0.692 bits per heavy atom. The highest BCUT2D eigenvalue weighted by atomic mass is 16.8. The summed E-state index contributed by atoms with van der Waals surface area (Å²) in [6.07, 6.45) is -3.98. The second-order valence-corrected chi connectivity index (χ2v) is 14.8. The monoisotopic (exact) mass is 748 g/mol. The third kappa shape index (κ3) is 13.8. The summed E-state index contributed by atoms with van der Waals surface area (Å²) in [6, 6.07) is 0. The lowest BCUT2D eigenvalue weighted by Gasteiger charge is -2.46. The van der Waals surface area contributed by atoms with E-state index in [4.69, 9.17) is 33.2 Å². The summed E-state index contributed by atoms with van der Waals surface area (Å²) in [7, 11) is 0. The first kappa shape index (κ1) is 45.8. The Bertz CT molecular complexity index is 1100. The number of hydrogen-bond acceptors (Lipinski definition) is 15. The van der Waals surface area contributed by atoms with Gasteiger partial charge in [0.25, 0.3) is 0 Å². The molecule has 0 saturated carbocycles. The fourth-order valence-corrected chi connectivity index (χ4v) is 5.91. The molecule has 0 radical (unpaired) electrons. The zero-order valence-electron chi connectivity index (χ0n) is 32.0. The fraction of sp³-hybridized carbons (Fsp3) is 0.892. The topological polar surface area (TPSA) is 214 Å². The smallest absolute Gasteiger partial charge is 0.308 e. The number of esters is 4. The van der Waals surface area contributed by atoms with Crippen molar-refractivity contribution in [2.45, 2.75) is 174 Å². The van der Waals surface area contributed by atoms with Crippen LogP contribution in [0.2, 0.25) is 0 Å². The van der Waals surface area contributed by atoms with E-state index < -0.39 is 110 Å². The molecule has 2 saturated heterocycles. The molecular weight excluding hydrogens is 684 g/mol. The molecule has 0 aromatic heterocycles. The van der Waals surface area contributed by atoms with Gasteiger partial charge in [0, 0.05) is 12.8 Å². The molecule has 4 N–H and O–H groups in total. The highest BCUT2D eigenvalue weighted by Gasteiger charge is 2.63. The van der Waals surface area contributed by atoms with Gasteiger partial charge in [-0.15, -0.1) is 0 Å². The molecule has 2 aliphatic heterocycles. The van der Waals surface area contributed by atoms with Crippen molar-refractivity contribution in [2.75, 3.05) is 19.8 Å². The molecular formula is C37H64O15. The van der Waals surface area contributed by atoms with Crippen LogP contribution in [-0.4, -0.2) is 119 Å². The summed E-state index contributed by atoms with van der Waals surface area (Å²) in [5.41, 5.74) is 0. The second kappa shape index (κ2) is 22.7. The molecule has 9 atom stereocenters. The zero-order chi connectivity index (χ0) is 39.0. The number of carbonyl (C=O) groups excluding carboxylic acids is 4. The first-order valence-corrected chi connectivity index (χ1v) is 19.0. The summed E-state index contributed by atoms with van der Waals surface area (Å²) in [4.78, 5) is 51.8. The molecule has 302 valence electrons. The number of hydrogen-bond donors (Lipinski definition) is 4. The van der Waals surface area contributed by atoms with Gasteiger partial charge in [0.1, 0.15) is 31.0 Å². The van der Waals surface area contributed by atoms with E-state index in [1.165, 1.54) is 25.7 Å². The van der Waals surface area contributed by atoms with Crippen LogP contribution in [0.3, 0.4) is 0 Å². The largest absolute Gasteiger partial charge is 0.460 e. The molecule has 2 fully saturated rings. The molecule has 2 heterocycles. The summed E-state index contributed by atoms with van der Waals surface area (Å²) in [6.45, 7) is 9.63. The van der Waals surface area contributed by atoms with Crippen LogP contribution < -0.4 is 0 Å². The Hall–Kier alpha value is -2.40. The van der Waals surface area contributed by atoms with Crippen LogP contribution in [0.4, 0.5) is 0 Å². The van der Waals surface area contributed by atoms with E-state index in [9.17, 15) is 39.6 Å². The van der Waals surface area contributed by atoms with Crippen molar-refractivity contribution < 1.29 is 72.8 Å². The molecule has 0 bridgehead atoms. The lowest BCUT2D eigenvalue weighted by molar-refractivity contribution is -0.384. The average Bonchev–Trinajstić information content (AvgIpc) is 3.34. The zero-order valence-corrected chi connectivity index (χ0v) is 32.0. The first-order valence-electron chi connectivity index (χ1n) is 19.0. The molecule has 0 spiro atoms. The molecule has 52 heavy (non-hydrogen) atoms. The van der Waals surface area contributed by atoms with Crippen LogP contribution in [0.25, 0.3) is 0 Å². The molecule has 0 aromatic carbocycles. The van der Waals surface area contributed by atoms with Gasteiger partial charge < -0.3 is 53.6 Å². The molecule has 15 heteroatoms. The fourth-order valence-electron chi connectivity index (χ4n) is 5.91. The average molecular weight is 749 g/mol. The molecule has 15 nitrogen and oxygen atoms in total. The van der Waals surface area contributed by atoms with Crippen molar-refractivity contribution in [1.29, 1.82) is 0 Å². The van der Waals surface area contributed by atoms with Crippen molar-refractivity contribution in [3.63, 3.8) is 0 Å². The van der Waals surface area contributed by atoms with Gasteiger partial charge in [0.2, 0.25) is 12.1 Å². The standard InChI is InChI=1S/C37H64O15/c1-8-9-10-11-12-13-14-15-16-17-27(40)48-32-31(49-28(41)18-22(2)3)29(42)25(19-38)47-36(32)52-37(21-46-34(44)23(4)5)33(50-35(45)24(6)7)30(43)26(20-39)51-37/h22-26,29-33,36,38-39,42-43H,8-21H2,1-7H3/t25-,26-,29-,30-,31+,32+,33+,36-,37+/m1/s1. The number of unbranched alkanes of at least 4 members (excludes halogenated alkanes) is 8. The molecule has 0 amide bonds. The minimum absolute atomic E-state index is 0.0151. The van der Waals surface area contributed by atoms with Crippen LogP contribution in [-0.2, 0) is 52.3 Å². The van der Waals surface area contributed by atoms with E-state index in [2.05, 4.69) is 6.92 Å². The molecule has 0 unspecified atom stereocenters. The van der Waals surface area contributed by atoms with Crippen molar-refractivity contribution >= 4 is 23.9 Å². The van der Waals surface area contributed by atoms with E-state index in [1.54, 1.807) is 41.5 Å². The van der Waals surface area contributed by atoms with E-state index >= 15 is 0 Å².